The van der Waals surface area contributed by atoms with Gasteiger partial charge in [0.2, 0.25) is 0 Å². The summed E-state index contributed by atoms with van der Waals surface area (Å²) in [5.74, 6) is -1.00. The highest BCUT2D eigenvalue weighted by Crippen LogP contribution is 2.23. The molecule has 0 aliphatic heterocycles. The van der Waals surface area contributed by atoms with Crippen LogP contribution in [0.15, 0.2) is 53.3 Å². The van der Waals surface area contributed by atoms with Crippen LogP contribution >= 0.6 is 0 Å². The average Bonchev–Trinajstić information content (AvgIpc) is 2.59. The highest BCUT2D eigenvalue weighted by atomic mass is 16.3. The van der Waals surface area contributed by atoms with Crippen molar-refractivity contribution in [3.8, 4) is 5.75 Å². The molecule has 122 valence electrons. The van der Waals surface area contributed by atoms with Crippen molar-refractivity contribution in [3.63, 3.8) is 0 Å². The molecular formula is C19H18N2O3. The van der Waals surface area contributed by atoms with Crippen LogP contribution in [0.1, 0.15) is 21.5 Å². The molecule has 0 saturated carbocycles. The molecule has 2 N–H and O–H groups in total. The number of hydrogen-bond donors (Lipinski definition) is 2. The van der Waals surface area contributed by atoms with Gasteiger partial charge in [0.25, 0.3) is 11.5 Å². The molecule has 0 aliphatic rings. The second-order valence-corrected chi connectivity index (χ2v) is 5.77. The summed E-state index contributed by atoms with van der Waals surface area (Å²) < 4.78 is 1.33. The first-order valence-corrected chi connectivity index (χ1v) is 7.63. The highest BCUT2D eigenvalue weighted by molar-refractivity contribution is 6.08. The van der Waals surface area contributed by atoms with Crippen LogP contribution in [-0.4, -0.2) is 15.6 Å². The van der Waals surface area contributed by atoms with Crippen molar-refractivity contribution < 1.29 is 9.90 Å². The Bertz CT molecular complexity index is 972. The number of carbonyl (C=O) groups is 1. The third-order valence-electron chi connectivity index (χ3n) is 4.08. The minimum atomic E-state index is -0.589. The number of hydrogen-bond acceptors (Lipinski definition) is 3. The van der Waals surface area contributed by atoms with Crippen molar-refractivity contribution in [1.82, 2.24) is 9.88 Å². The van der Waals surface area contributed by atoms with Crippen LogP contribution < -0.4 is 10.9 Å². The molecule has 0 atom stereocenters. The number of fused-ring (bicyclic) bond motifs is 1. The Morgan fingerprint density at radius 1 is 1.12 bits per heavy atom. The molecule has 0 bridgehead atoms. The van der Waals surface area contributed by atoms with E-state index in [1.807, 2.05) is 31.2 Å². The monoisotopic (exact) mass is 322 g/mol. The lowest BCUT2D eigenvalue weighted by Crippen LogP contribution is -2.27. The normalized spacial score (nSPS) is 10.8. The van der Waals surface area contributed by atoms with Gasteiger partial charge in [-0.2, -0.15) is 0 Å². The number of benzene rings is 2. The van der Waals surface area contributed by atoms with Crippen molar-refractivity contribution in [2.75, 3.05) is 0 Å². The van der Waals surface area contributed by atoms with Crippen molar-refractivity contribution in [3.05, 3.63) is 75.6 Å². The van der Waals surface area contributed by atoms with Crippen molar-refractivity contribution in [2.45, 2.75) is 13.5 Å². The summed E-state index contributed by atoms with van der Waals surface area (Å²) in [4.78, 5) is 24.7. The summed E-state index contributed by atoms with van der Waals surface area (Å²) in [6, 6.07) is 14.8. The first kappa shape index (κ1) is 15.8. The molecule has 0 spiro atoms. The van der Waals surface area contributed by atoms with Gasteiger partial charge in [0.15, 0.2) is 5.75 Å². The van der Waals surface area contributed by atoms with Crippen LogP contribution in [0.5, 0.6) is 5.75 Å². The number of nitrogens with zero attached hydrogens (tertiary/aromatic N) is 1. The highest BCUT2D eigenvalue weighted by Gasteiger charge is 2.20. The van der Waals surface area contributed by atoms with Crippen LogP contribution in [-0.2, 0) is 13.6 Å². The lowest BCUT2D eigenvalue weighted by Gasteiger charge is -2.12. The number of para-hydroxylation sites is 1. The summed E-state index contributed by atoms with van der Waals surface area (Å²) in [5, 5.41) is 13.5. The number of pyridine rings is 1. The van der Waals surface area contributed by atoms with Crippen LogP contribution in [0.2, 0.25) is 0 Å². The Labute approximate surface area is 139 Å². The summed E-state index contributed by atoms with van der Waals surface area (Å²) >= 11 is 0. The van der Waals surface area contributed by atoms with E-state index in [9.17, 15) is 14.7 Å². The molecule has 0 radical (unpaired) electrons. The topological polar surface area (TPSA) is 71.3 Å². The second-order valence-electron chi connectivity index (χ2n) is 5.77. The molecule has 2 aromatic carbocycles. The fraction of sp³-hybridized carbons (Fsp3) is 0.158. The Morgan fingerprint density at radius 2 is 1.79 bits per heavy atom. The summed E-state index contributed by atoms with van der Waals surface area (Å²) in [7, 11) is 1.57. The first-order chi connectivity index (χ1) is 11.5. The van der Waals surface area contributed by atoms with Gasteiger partial charge in [0, 0.05) is 19.0 Å². The zero-order chi connectivity index (χ0) is 17.3. The van der Waals surface area contributed by atoms with Gasteiger partial charge in [-0.05, 0) is 18.6 Å². The molecule has 1 aromatic heterocycles. The first-order valence-electron chi connectivity index (χ1n) is 7.63. The Balaban J connectivity index is 1.98. The van der Waals surface area contributed by atoms with E-state index in [0.29, 0.717) is 17.4 Å². The van der Waals surface area contributed by atoms with E-state index in [1.165, 1.54) is 4.57 Å². The van der Waals surface area contributed by atoms with Gasteiger partial charge in [0.1, 0.15) is 0 Å². The average molecular weight is 322 g/mol. The predicted molar refractivity (Wildman–Crippen MR) is 93.2 cm³/mol. The number of amides is 1. The van der Waals surface area contributed by atoms with Gasteiger partial charge in [0.05, 0.1) is 11.1 Å². The standard InChI is InChI=1S/C19H18N2O3/c1-12-7-9-13(10-8-12)11-20-18(23)16-14-5-3-4-6-15(14)21(2)19(24)17(16)22/h3-10,22H,11H2,1-2H3,(H,20,23). The summed E-state index contributed by atoms with van der Waals surface area (Å²) in [6.45, 7) is 2.31. The fourth-order valence-electron chi connectivity index (χ4n) is 2.69. The second kappa shape index (κ2) is 6.20. The van der Waals surface area contributed by atoms with Gasteiger partial charge in [-0.15, -0.1) is 0 Å². The van der Waals surface area contributed by atoms with E-state index in [2.05, 4.69) is 5.32 Å². The maximum absolute atomic E-state index is 12.6. The number of nitrogens with one attached hydrogen (secondary N) is 1. The number of aromatic nitrogens is 1. The van der Waals surface area contributed by atoms with E-state index in [-0.39, 0.29) is 5.56 Å². The molecule has 5 nitrogen and oxygen atoms in total. The molecule has 5 heteroatoms. The predicted octanol–water partition coefficient (Wildman–Crippen LogP) is 2.48. The van der Waals surface area contributed by atoms with Gasteiger partial charge >= 0.3 is 0 Å². The third kappa shape index (κ3) is 2.76. The van der Waals surface area contributed by atoms with Gasteiger partial charge in [-0.1, -0.05) is 48.0 Å². The quantitative estimate of drug-likeness (QED) is 0.778. The van der Waals surface area contributed by atoms with Gasteiger partial charge in [-0.3, -0.25) is 9.59 Å². The van der Waals surface area contributed by atoms with Crippen LogP contribution in [0.3, 0.4) is 0 Å². The molecule has 0 aliphatic carbocycles. The molecule has 1 amide bonds. The lowest BCUT2D eigenvalue weighted by molar-refractivity contribution is 0.0949. The van der Waals surface area contributed by atoms with Crippen LogP contribution in [0.25, 0.3) is 10.9 Å². The summed E-state index contributed by atoms with van der Waals surface area (Å²) in [5.41, 5.74) is 2.11. The van der Waals surface area contributed by atoms with Gasteiger partial charge in [-0.25, -0.2) is 0 Å². The molecule has 3 aromatic rings. The molecular weight excluding hydrogens is 304 g/mol. The number of aryl methyl sites for hydroxylation is 2. The summed E-state index contributed by atoms with van der Waals surface area (Å²) in [6.07, 6.45) is 0. The van der Waals surface area contributed by atoms with E-state index in [4.69, 9.17) is 0 Å². The maximum atomic E-state index is 12.6. The third-order valence-corrected chi connectivity index (χ3v) is 4.08. The van der Waals surface area contributed by atoms with Crippen molar-refractivity contribution >= 4 is 16.8 Å². The zero-order valence-electron chi connectivity index (χ0n) is 13.5. The molecule has 24 heavy (non-hydrogen) atoms. The number of aromatic hydroxyl groups is 1. The fourth-order valence-corrected chi connectivity index (χ4v) is 2.69. The largest absolute Gasteiger partial charge is 0.502 e. The minimum absolute atomic E-state index is 0.0146. The van der Waals surface area contributed by atoms with Crippen LogP contribution in [0.4, 0.5) is 0 Å². The Morgan fingerprint density at radius 3 is 2.50 bits per heavy atom. The van der Waals surface area contributed by atoms with E-state index in [1.54, 1.807) is 31.3 Å². The van der Waals surface area contributed by atoms with E-state index >= 15 is 0 Å². The van der Waals surface area contributed by atoms with Crippen LogP contribution in [0, 0.1) is 6.92 Å². The Kier molecular flexibility index (Phi) is 4.08. The van der Waals surface area contributed by atoms with E-state index in [0.717, 1.165) is 11.1 Å². The molecule has 0 saturated heterocycles. The Hall–Kier alpha value is -3.08. The smallest absolute Gasteiger partial charge is 0.293 e. The number of carbonyl (C=O) groups excluding carboxylic acids is 1. The zero-order valence-corrected chi connectivity index (χ0v) is 13.5. The van der Waals surface area contributed by atoms with Crippen molar-refractivity contribution in [2.24, 2.45) is 7.05 Å². The molecule has 0 unspecified atom stereocenters. The van der Waals surface area contributed by atoms with Crippen molar-refractivity contribution in [1.29, 1.82) is 0 Å². The maximum Gasteiger partial charge on any atom is 0.293 e. The minimum Gasteiger partial charge on any atom is -0.502 e. The molecule has 0 fully saturated rings. The molecule has 3 rings (SSSR count). The lowest BCUT2D eigenvalue weighted by atomic mass is 10.1. The number of rotatable bonds is 3. The van der Waals surface area contributed by atoms with E-state index < -0.39 is 17.2 Å². The van der Waals surface area contributed by atoms with Gasteiger partial charge < -0.3 is 15.0 Å². The SMILES string of the molecule is Cc1ccc(CNC(=O)c2c(O)c(=O)n(C)c3ccccc23)cc1. The molecule has 1 heterocycles.